The highest BCUT2D eigenvalue weighted by Crippen LogP contribution is 2.16. The van der Waals surface area contributed by atoms with Gasteiger partial charge < -0.3 is 11.1 Å². The molecule has 1 aliphatic heterocycles. The van der Waals surface area contributed by atoms with Crippen molar-refractivity contribution in [2.45, 2.75) is 45.7 Å². The van der Waals surface area contributed by atoms with Crippen LogP contribution in [0.2, 0.25) is 0 Å². The molecule has 1 saturated heterocycles. The number of amides is 3. The fraction of sp³-hybridized carbons (Fsp3) is 0.500. The van der Waals surface area contributed by atoms with Gasteiger partial charge in [0, 0.05) is 31.0 Å². The number of nitrogens with two attached hydrogens (primary N) is 1. The Morgan fingerprint density at radius 1 is 1.16 bits per heavy atom. The second-order valence-corrected chi connectivity index (χ2v) is 6.61. The van der Waals surface area contributed by atoms with Gasteiger partial charge in [-0.25, -0.2) is 0 Å². The lowest BCUT2D eigenvalue weighted by atomic mass is 10.0. The fourth-order valence-electron chi connectivity index (χ4n) is 2.80. The Kier molecular flexibility index (Phi) is 8.06. The summed E-state index contributed by atoms with van der Waals surface area (Å²) >= 11 is 0. The van der Waals surface area contributed by atoms with E-state index in [0.29, 0.717) is 18.0 Å². The minimum atomic E-state index is -0.161. The molecule has 0 saturated carbocycles. The summed E-state index contributed by atoms with van der Waals surface area (Å²) in [6, 6.07) is 6.91. The number of hydrogen-bond donors (Lipinski definition) is 2. The zero-order chi connectivity index (χ0) is 17.7. The van der Waals surface area contributed by atoms with E-state index >= 15 is 0 Å². The highest BCUT2D eigenvalue weighted by molar-refractivity contribution is 6.01. The molecule has 1 heterocycles. The molecule has 1 fully saturated rings. The molecule has 0 aromatic heterocycles. The van der Waals surface area contributed by atoms with Crippen molar-refractivity contribution in [2.75, 3.05) is 6.54 Å². The average molecular weight is 368 g/mol. The second-order valence-electron chi connectivity index (χ2n) is 6.61. The molecule has 1 unspecified atom stereocenters. The van der Waals surface area contributed by atoms with Crippen LogP contribution >= 0.6 is 12.4 Å². The third kappa shape index (κ3) is 5.83. The van der Waals surface area contributed by atoms with E-state index in [4.69, 9.17) is 5.73 Å². The van der Waals surface area contributed by atoms with Crippen LogP contribution in [0.5, 0.6) is 0 Å². The number of imide groups is 1. The lowest BCUT2D eigenvalue weighted by molar-refractivity contribution is -0.139. The Morgan fingerprint density at radius 2 is 1.72 bits per heavy atom. The highest BCUT2D eigenvalue weighted by Gasteiger charge is 2.28. The zero-order valence-corrected chi connectivity index (χ0v) is 15.5. The summed E-state index contributed by atoms with van der Waals surface area (Å²) in [6.07, 6.45) is 1.41. The lowest BCUT2D eigenvalue weighted by Gasteiger charge is -2.19. The van der Waals surface area contributed by atoms with Gasteiger partial charge in [-0.3, -0.25) is 19.3 Å². The minimum absolute atomic E-state index is 0. The van der Waals surface area contributed by atoms with Gasteiger partial charge in [-0.05, 0) is 30.0 Å². The smallest absolute Gasteiger partial charge is 0.251 e. The Labute approximate surface area is 154 Å². The molecule has 1 aliphatic rings. The van der Waals surface area contributed by atoms with Gasteiger partial charge in [0.25, 0.3) is 5.91 Å². The quantitative estimate of drug-likeness (QED) is 0.719. The van der Waals surface area contributed by atoms with Gasteiger partial charge in [0.05, 0.1) is 6.54 Å². The van der Waals surface area contributed by atoms with Crippen molar-refractivity contribution >= 4 is 30.1 Å². The maximum absolute atomic E-state index is 12.3. The monoisotopic (exact) mass is 367 g/mol. The predicted molar refractivity (Wildman–Crippen MR) is 98.2 cm³/mol. The normalized spacial score (nSPS) is 15.3. The summed E-state index contributed by atoms with van der Waals surface area (Å²) < 4.78 is 0. The molecule has 25 heavy (non-hydrogen) atoms. The van der Waals surface area contributed by atoms with Gasteiger partial charge in [0.1, 0.15) is 0 Å². The van der Waals surface area contributed by atoms with Crippen molar-refractivity contribution in [1.29, 1.82) is 0 Å². The zero-order valence-electron chi connectivity index (χ0n) is 14.7. The summed E-state index contributed by atoms with van der Waals surface area (Å²) in [4.78, 5) is 36.8. The maximum atomic E-state index is 12.3. The summed E-state index contributed by atoms with van der Waals surface area (Å²) in [6.45, 7) is 4.84. The molecule has 6 nitrogen and oxygen atoms in total. The van der Waals surface area contributed by atoms with Gasteiger partial charge in [-0.1, -0.05) is 26.0 Å². The van der Waals surface area contributed by atoms with E-state index in [1.807, 2.05) is 0 Å². The molecular formula is C18H26ClN3O3. The van der Waals surface area contributed by atoms with Crippen LogP contribution < -0.4 is 11.1 Å². The number of rotatable bonds is 7. The summed E-state index contributed by atoms with van der Waals surface area (Å²) in [5.74, 6) is 0.0188. The largest absolute Gasteiger partial charge is 0.348 e. The van der Waals surface area contributed by atoms with E-state index in [-0.39, 0.29) is 55.6 Å². The molecule has 3 amide bonds. The van der Waals surface area contributed by atoms with E-state index < -0.39 is 0 Å². The predicted octanol–water partition coefficient (Wildman–Crippen LogP) is 1.86. The number of benzene rings is 1. The molecule has 2 rings (SSSR count). The van der Waals surface area contributed by atoms with Crippen LogP contribution in [0.25, 0.3) is 0 Å². The number of halogens is 1. The second kappa shape index (κ2) is 9.53. The molecular weight excluding hydrogens is 342 g/mol. The molecule has 138 valence electrons. The fourth-order valence-corrected chi connectivity index (χ4v) is 2.80. The Hall–Kier alpha value is -1.92. The number of carbonyl (C=O) groups excluding carboxylic acids is 3. The van der Waals surface area contributed by atoms with Crippen LogP contribution in [0.3, 0.4) is 0 Å². The average Bonchev–Trinajstić information content (AvgIpc) is 2.86. The van der Waals surface area contributed by atoms with Crippen molar-refractivity contribution in [3.63, 3.8) is 0 Å². The van der Waals surface area contributed by atoms with Crippen LogP contribution in [-0.2, 0) is 16.1 Å². The molecule has 0 bridgehead atoms. The first kappa shape index (κ1) is 21.1. The number of carbonyl (C=O) groups is 3. The van der Waals surface area contributed by atoms with Crippen molar-refractivity contribution in [2.24, 2.45) is 11.7 Å². The summed E-state index contributed by atoms with van der Waals surface area (Å²) in [5, 5.41) is 2.94. The van der Waals surface area contributed by atoms with Crippen LogP contribution in [0.4, 0.5) is 0 Å². The first-order chi connectivity index (χ1) is 11.4. The third-order valence-corrected chi connectivity index (χ3v) is 4.09. The highest BCUT2D eigenvalue weighted by atomic mass is 35.5. The SMILES string of the molecule is CC(C)CC(CN)NC(=O)c1ccc(CN2C(=O)CCC2=O)cc1.Cl. The maximum Gasteiger partial charge on any atom is 0.251 e. The summed E-state index contributed by atoms with van der Waals surface area (Å²) in [5.41, 5.74) is 7.07. The van der Waals surface area contributed by atoms with Crippen LogP contribution in [0.15, 0.2) is 24.3 Å². The van der Waals surface area contributed by atoms with Crippen molar-refractivity contribution in [1.82, 2.24) is 10.2 Å². The minimum Gasteiger partial charge on any atom is -0.348 e. The van der Waals surface area contributed by atoms with Crippen LogP contribution in [-0.4, -0.2) is 35.2 Å². The van der Waals surface area contributed by atoms with Gasteiger partial charge in [0.2, 0.25) is 11.8 Å². The third-order valence-electron chi connectivity index (χ3n) is 4.09. The molecule has 0 aliphatic carbocycles. The van der Waals surface area contributed by atoms with E-state index in [1.165, 1.54) is 4.90 Å². The Bertz CT molecular complexity index is 600. The molecule has 0 radical (unpaired) electrons. The van der Waals surface area contributed by atoms with Crippen LogP contribution in [0, 0.1) is 5.92 Å². The van der Waals surface area contributed by atoms with Crippen molar-refractivity contribution in [3.8, 4) is 0 Å². The molecule has 3 N–H and O–H groups in total. The number of nitrogens with one attached hydrogen (secondary N) is 1. The van der Waals surface area contributed by atoms with E-state index in [1.54, 1.807) is 24.3 Å². The van der Waals surface area contributed by atoms with E-state index in [0.717, 1.165) is 12.0 Å². The molecule has 1 atom stereocenters. The number of hydrogen-bond acceptors (Lipinski definition) is 4. The van der Waals surface area contributed by atoms with E-state index in [9.17, 15) is 14.4 Å². The summed E-state index contributed by atoms with van der Waals surface area (Å²) in [7, 11) is 0. The van der Waals surface area contributed by atoms with Gasteiger partial charge >= 0.3 is 0 Å². The van der Waals surface area contributed by atoms with Gasteiger partial charge in [0.15, 0.2) is 0 Å². The Balaban J connectivity index is 0.00000312. The first-order valence-electron chi connectivity index (χ1n) is 8.33. The van der Waals surface area contributed by atoms with E-state index in [2.05, 4.69) is 19.2 Å². The standard InChI is InChI=1S/C18H25N3O3.ClH/c1-12(2)9-15(10-19)20-18(24)14-5-3-13(4-6-14)11-21-16(22)7-8-17(21)23;/h3-6,12,15H,7-11,19H2,1-2H3,(H,20,24);1H. The van der Waals surface area contributed by atoms with Crippen molar-refractivity contribution < 1.29 is 14.4 Å². The van der Waals surface area contributed by atoms with Gasteiger partial charge in [-0.15, -0.1) is 12.4 Å². The Morgan fingerprint density at radius 3 is 2.20 bits per heavy atom. The lowest BCUT2D eigenvalue weighted by Crippen LogP contribution is -2.41. The number of nitrogens with zero attached hydrogens (tertiary/aromatic N) is 1. The molecule has 7 heteroatoms. The molecule has 1 aromatic carbocycles. The molecule has 1 aromatic rings. The topological polar surface area (TPSA) is 92.5 Å². The first-order valence-corrected chi connectivity index (χ1v) is 8.33. The van der Waals surface area contributed by atoms with Gasteiger partial charge in [-0.2, -0.15) is 0 Å². The molecule has 0 spiro atoms. The van der Waals surface area contributed by atoms with Crippen molar-refractivity contribution in [3.05, 3.63) is 35.4 Å². The number of likely N-dealkylation sites (tertiary alicyclic amines) is 1. The van der Waals surface area contributed by atoms with Crippen LogP contribution in [0.1, 0.15) is 49.0 Å².